The third kappa shape index (κ3) is 2.92. The van der Waals surface area contributed by atoms with Crippen LogP contribution in [0.2, 0.25) is 0 Å². The fourth-order valence-electron chi connectivity index (χ4n) is 1.24. The molecule has 0 aromatic heterocycles. The lowest BCUT2D eigenvalue weighted by Crippen LogP contribution is -2.16. The minimum Gasteiger partial charge on any atom is -0.100 e. The summed E-state index contributed by atoms with van der Waals surface area (Å²) in [7, 11) is 0. The highest BCUT2D eigenvalue weighted by Crippen LogP contribution is 2.35. The zero-order chi connectivity index (χ0) is 9.07. The molecule has 0 nitrogen and oxygen atoms in total. The van der Waals surface area contributed by atoms with Crippen molar-refractivity contribution >= 4 is 0 Å². The Balaban J connectivity index is 4.34. The molecule has 11 heavy (non-hydrogen) atoms. The molecule has 0 fully saturated rings. The van der Waals surface area contributed by atoms with E-state index >= 15 is 0 Å². The summed E-state index contributed by atoms with van der Waals surface area (Å²) in [5.41, 5.74) is 2.78. The van der Waals surface area contributed by atoms with Gasteiger partial charge in [0, 0.05) is 0 Å². The van der Waals surface area contributed by atoms with Crippen LogP contribution in [0.5, 0.6) is 0 Å². The SMILES string of the molecule is C=C(C)CC(C)(CC)C(=C)C. The molecule has 0 rings (SSSR count). The molecule has 0 aliphatic carbocycles. The van der Waals surface area contributed by atoms with Gasteiger partial charge in [-0.25, -0.2) is 0 Å². The molecule has 0 aliphatic rings. The first-order valence-corrected chi connectivity index (χ1v) is 4.22. The van der Waals surface area contributed by atoms with E-state index in [0.29, 0.717) is 0 Å². The third-order valence-corrected chi connectivity index (χ3v) is 2.50. The normalized spacial score (nSPS) is 15.6. The van der Waals surface area contributed by atoms with Crippen LogP contribution in [0, 0.1) is 5.41 Å². The first-order valence-electron chi connectivity index (χ1n) is 4.22. The van der Waals surface area contributed by atoms with Gasteiger partial charge in [-0.15, -0.1) is 6.58 Å². The Morgan fingerprint density at radius 1 is 1.27 bits per heavy atom. The molecule has 0 heteroatoms. The van der Waals surface area contributed by atoms with Crippen molar-refractivity contribution < 1.29 is 0 Å². The highest BCUT2D eigenvalue weighted by molar-refractivity contribution is 5.10. The maximum absolute atomic E-state index is 4.01. The van der Waals surface area contributed by atoms with Crippen molar-refractivity contribution in [3.63, 3.8) is 0 Å². The summed E-state index contributed by atoms with van der Waals surface area (Å²) in [5.74, 6) is 0. The Bertz CT molecular complexity index is 165. The summed E-state index contributed by atoms with van der Waals surface area (Å²) < 4.78 is 0. The molecule has 0 N–H and O–H groups in total. The zero-order valence-corrected chi connectivity index (χ0v) is 8.33. The topological polar surface area (TPSA) is 0 Å². The molecule has 0 radical (unpaired) electrons. The van der Waals surface area contributed by atoms with Crippen molar-refractivity contribution in [1.82, 2.24) is 0 Å². The first kappa shape index (κ1) is 10.5. The van der Waals surface area contributed by atoms with Crippen molar-refractivity contribution in [1.29, 1.82) is 0 Å². The number of allylic oxidation sites excluding steroid dienone is 2. The van der Waals surface area contributed by atoms with Crippen LogP contribution in [0.15, 0.2) is 24.3 Å². The van der Waals surface area contributed by atoms with E-state index in [9.17, 15) is 0 Å². The summed E-state index contributed by atoms with van der Waals surface area (Å²) in [6.07, 6.45) is 2.22. The van der Waals surface area contributed by atoms with E-state index in [1.54, 1.807) is 0 Å². The molecule has 0 heterocycles. The summed E-state index contributed by atoms with van der Waals surface area (Å²) in [5, 5.41) is 0. The largest absolute Gasteiger partial charge is 0.100 e. The molecule has 0 saturated heterocycles. The van der Waals surface area contributed by atoms with Gasteiger partial charge in [0.2, 0.25) is 0 Å². The van der Waals surface area contributed by atoms with Crippen molar-refractivity contribution in [3.8, 4) is 0 Å². The zero-order valence-electron chi connectivity index (χ0n) is 8.33. The molecule has 0 aromatic carbocycles. The Kier molecular flexibility index (Phi) is 3.57. The molecule has 1 atom stereocenters. The molecular formula is C11H20. The maximum atomic E-state index is 4.01. The predicted molar refractivity (Wildman–Crippen MR) is 52.6 cm³/mol. The van der Waals surface area contributed by atoms with Gasteiger partial charge >= 0.3 is 0 Å². The van der Waals surface area contributed by atoms with Crippen LogP contribution in [0.25, 0.3) is 0 Å². The van der Waals surface area contributed by atoms with E-state index in [1.165, 1.54) is 11.1 Å². The monoisotopic (exact) mass is 152 g/mol. The van der Waals surface area contributed by atoms with E-state index in [4.69, 9.17) is 0 Å². The lowest BCUT2D eigenvalue weighted by molar-refractivity contribution is 0.380. The van der Waals surface area contributed by atoms with Gasteiger partial charge in [0.1, 0.15) is 0 Å². The molecule has 0 spiro atoms. The van der Waals surface area contributed by atoms with Crippen LogP contribution in [0.3, 0.4) is 0 Å². The van der Waals surface area contributed by atoms with Gasteiger partial charge in [0.15, 0.2) is 0 Å². The summed E-state index contributed by atoms with van der Waals surface area (Å²) >= 11 is 0. The van der Waals surface area contributed by atoms with Crippen LogP contribution < -0.4 is 0 Å². The van der Waals surface area contributed by atoms with Gasteiger partial charge in [0.05, 0.1) is 0 Å². The average Bonchev–Trinajstić information content (AvgIpc) is 1.86. The van der Waals surface area contributed by atoms with Gasteiger partial charge in [-0.2, -0.15) is 0 Å². The quantitative estimate of drug-likeness (QED) is 0.535. The lowest BCUT2D eigenvalue weighted by atomic mass is 9.76. The maximum Gasteiger partial charge on any atom is -0.00875 e. The van der Waals surface area contributed by atoms with Crippen LogP contribution in [-0.2, 0) is 0 Å². The highest BCUT2D eigenvalue weighted by atomic mass is 14.3. The van der Waals surface area contributed by atoms with Crippen LogP contribution in [-0.4, -0.2) is 0 Å². The fraction of sp³-hybridized carbons (Fsp3) is 0.636. The lowest BCUT2D eigenvalue weighted by Gasteiger charge is -2.29. The molecule has 0 bridgehead atoms. The van der Waals surface area contributed by atoms with Crippen molar-refractivity contribution in [2.45, 2.75) is 40.5 Å². The highest BCUT2D eigenvalue weighted by Gasteiger charge is 2.22. The smallest absolute Gasteiger partial charge is 0.00875 e. The van der Waals surface area contributed by atoms with Gasteiger partial charge in [-0.3, -0.25) is 0 Å². The first-order chi connectivity index (χ1) is 4.92. The summed E-state index contributed by atoms with van der Waals surface area (Å²) in [6, 6.07) is 0. The Labute approximate surface area is 71.0 Å². The Morgan fingerprint density at radius 3 is 1.82 bits per heavy atom. The van der Waals surface area contributed by atoms with Crippen LogP contribution in [0.1, 0.15) is 40.5 Å². The van der Waals surface area contributed by atoms with Crippen LogP contribution in [0.4, 0.5) is 0 Å². The number of rotatable bonds is 4. The van der Waals surface area contributed by atoms with Gasteiger partial charge in [-0.05, 0) is 32.1 Å². The number of hydrogen-bond acceptors (Lipinski definition) is 0. The van der Waals surface area contributed by atoms with Crippen molar-refractivity contribution in [2.24, 2.45) is 5.41 Å². The minimum atomic E-state index is 0.270. The molecule has 64 valence electrons. The van der Waals surface area contributed by atoms with Gasteiger partial charge in [-0.1, -0.05) is 31.6 Å². The second-order valence-corrected chi connectivity index (χ2v) is 3.83. The van der Waals surface area contributed by atoms with Gasteiger partial charge < -0.3 is 0 Å². The minimum absolute atomic E-state index is 0.270. The standard InChI is InChI=1S/C11H20/c1-7-11(6,10(4)5)8-9(2)3/h2,4,7-8H2,1,3,5-6H3. The van der Waals surface area contributed by atoms with E-state index in [0.717, 1.165) is 12.8 Å². The Morgan fingerprint density at radius 2 is 1.73 bits per heavy atom. The summed E-state index contributed by atoms with van der Waals surface area (Å²) in [6.45, 7) is 16.6. The average molecular weight is 152 g/mol. The van der Waals surface area contributed by atoms with E-state index in [-0.39, 0.29) is 5.41 Å². The fourth-order valence-corrected chi connectivity index (χ4v) is 1.24. The molecule has 0 aromatic rings. The van der Waals surface area contributed by atoms with Gasteiger partial charge in [0.25, 0.3) is 0 Å². The third-order valence-electron chi connectivity index (χ3n) is 2.50. The predicted octanol–water partition coefficient (Wildman–Crippen LogP) is 3.95. The van der Waals surface area contributed by atoms with Crippen LogP contribution >= 0.6 is 0 Å². The molecular weight excluding hydrogens is 132 g/mol. The second kappa shape index (κ2) is 3.75. The van der Waals surface area contributed by atoms with E-state index in [2.05, 4.69) is 40.9 Å². The van der Waals surface area contributed by atoms with Crippen molar-refractivity contribution in [2.75, 3.05) is 0 Å². The molecule has 0 saturated carbocycles. The number of hydrogen-bond donors (Lipinski definition) is 0. The molecule has 1 unspecified atom stereocenters. The van der Waals surface area contributed by atoms with Crippen molar-refractivity contribution in [3.05, 3.63) is 24.3 Å². The molecule has 0 aliphatic heterocycles. The second-order valence-electron chi connectivity index (χ2n) is 3.83. The Hall–Kier alpha value is -0.520. The van der Waals surface area contributed by atoms with E-state index < -0.39 is 0 Å². The van der Waals surface area contributed by atoms with E-state index in [1.807, 2.05) is 0 Å². The summed E-state index contributed by atoms with van der Waals surface area (Å²) in [4.78, 5) is 0. The molecule has 0 amide bonds.